The third kappa shape index (κ3) is 6.75. The average molecular weight is 602 g/mol. The fourth-order valence-electron chi connectivity index (χ4n) is 7.83. The molecule has 1 aromatic carbocycles. The van der Waals surface area contributed by atoms with Crippen molar-refractivity contribution >= 4 is 23.7 Å². The third-order valence-corrected chi connectivity index (χ3v) is 10.3. The fraction of sp³-hybridized carbons (Fsp3) is 0.618. The number of rotatable bonds is 9. The highest BCUT2D eigenvalue weighted by molar-refractivity contribution is 5.96. The third-order valence-electron chi connectivity index (χ3n) is 10.3. The van der Waals surface area contributed by atoms with Crippen molar-refractivity contribution in [2.45, 2.75) is 71.4 Å². The van der Waals surface area contributed by atoms with E-state index in [4.69, 9.17) is 0 Å². The Morgan fingerprint density at radius 2 is 1.55 bits per heavy atom. The van der Waals surface area contributed by atoms with Crippen LogP contribution in [0, 0.1) is 31.6 Å². The fourth-order valence-corrected chi connectivity index (χ4v) is 7.83. The molecule has 0 spiro atoms. The van der Waals surface area contributed by atoms with Gasteiger partial charge < -0.3 is 25.3 Å². The van der Waals surface area contributed by atoms with Crippen molar-refractivity contribution in [3.63, 3.8) is 0 Å². The smallest absolute Gasteiger partial charge is 0.257 e. The van der Waals surface area contributed by atoms with Gasteiger partial charge in [-0.2, -0.15) is 0 Å². The molecule has 236 valence electrons. The molecule has 1 aliphatic carbocycles. The Labute approximate surface area is 261 Å². The number of aromatic nitrogens is 2. The maximum atomic E-state index is 13.7. The van der Waals surface area contributed by atoms with Crippen molar-refractivity contribution in [3.8, 4) is 0 Å². The van der Waals surface area contributed by atoms with Crippen LogP contribution < -0.4 is 10.6 Å². The van der Waals surface area contributed by atoms with Gasteiger partial charge in [0.1, 0.15) is 0 Å². The van der Waals surface area contributed by atoms with Crippen molar-refractivity contribution in [3.05, 3.63) is 52.8 Å². The highest BCUT2D eigenvalue weighted by Gasteiger charge is 2.42. The number of carbonyl (C=O) groups excluding carboxylic acids is 3. The van der Waals surface area contributed by atoms with Gasteiger partial charge in [-0.05, 0) is 56.9 Å². The first-order valence-corrected chi connectivity index (χ1v) is 16.5. The predicted octanol–water partition coefficient (Wildman–Crippen LogP) is 3.57. The van der Waals surface area contributed by atoms with Crippen LogP contribution in [-0.4, -0.2) is 94.2 Å². The number of anilines is 1. The summed E-state index contributed by atoms with van der Waals surface area (Å²) >= 11 is 0. The van der Waals surface area contributed by atoms with Crippen LogP contribution in [0.15, 0.2) is 30.3 Å². The highest BCUT2D eigenvalue weighted by Crippen LogP contribution is 2.33. The number of fused-ring (bicyclic) bond motifs is 1. The molecule has 2 N–H and O–H groups in total. The second kappa shape index (κ2) is 13.2. The average Bonchev–Trinajstić information content (AvgIpc) is 3.80. The van der Waals surface area contributed by atoms with E-state index >= 15 is 0 Å². The molecule has 3 aliphatic heterocycles. The van der Waals surface area contributed by atoms with Crippen LogP contribution in [0.25, 0.3) is 0 Å². The molecule has 4 aliphatic rings. The normalized spacial score (nSPS) is 24.5. The zero-order valence-corrected chi connectivity index (χ0v) is 26.4. The van der Waals surface area contributed by atoms with E-state index in [1.54, 1.807) is 6.92 Å². The number of likely N-dealkylation sites (tertiary alicyclic amines) is 3. The quantitative estimate of drug-likeness (QED) is 0.452. The van der Waals surface area contributed by atoms with Gasteiger partial charge in [-0.25, -0.2) is 9.97 Å². The molecule has 3 amide bonds. The van der Waals surface area contributed by atoms with Crippen molar-refractivity contribution < 1.29 is 14.4 Å². The number of nitrogens with zero attached hydrogens (tertiary/aromatic N) is 5. The van der Waals surface area contributed by atoms with Gasteiger partial charge in [0.2, 0.25) is 17.8 Å². The summed E-state index contributed by atoms with van der Waals surface area (Å²) in [6, 6.07) is 10.5. The van der Waals surface area contributed by atoms with Gasteiger partial charge in [0.15, 0.2) is 0 Å². The lowest BCUT2D eigenvalue weighted by Gasteiger charge is -2.26. The molecular weight excluding hydrogens is 554 g/mol. The Hall–Kier alpha value is -3.53. The van der Waals surface area contributed by atoms with Crippen LogP contribution in [0.3, 0.4) is 0 Å². The Kier molecular flexibility index (Phi) is 9.16. The minimum absolute atomic E-state index is 0.0213. The molecule has 4 fully saturated rings. The van der Waals surface area contributed by atoms with Gasteiger partial charge >= 0.3 is 0 Å². The predicted molar refractivity (Wildman–Crippen MR) is 169 cm³/mol. The van der Waals surface area contributed by atoms with E-state index in [0.717, 1.165) is 77.8 Å². The largest absolute Gasteiger partial charge is 0.350 e. The van der Waals surface area contributed by atoms with Gasteiger partial charge in [0.25, 0.3) is 5.91 Å². The minimum atomic E-state index is 0.0213. The van der Waals surface area contributed by atoms with Crippen LogP contribution in [0.1, 0.15) is 78.8 Å². The molecule has 4 atom stereocenters. The van der Waals surface area contributed by atoms with Crippen LogP contribution in [0.5, 0.6) is 0 Å². The van der Waals surface area contributed by atoms with Crippen LogP contribution in [0.4, 0.5) is 5.95 Å². The summed E-state index contributed by atoms with van der Waals surface area (Å²) < 4.78 is 0. The van der Waals surface area contributed by atoms with Gasteiger partial charge in [0.05, 0.1) is 23.0 Å². The Balaban J connectivity index is 1.02. The number of nitrogens with one attached hydrogen (secondary N) is 2. The SMILES string of the molecule is CC(=O)N1CCC(Nc2nc(C)c(C(=O)N3CC4CN(CC[C@H](NC(=O)C5CCCC5)c5ccccc5)CC4C3)c(C)n2)C1. The number of amides is 3. The molecule has 0 bridgehead atoms. The second-order valence-corrected chi connectivity index (χ2v) is 13.4. The molecular formula is C34H47N7O3. The lowest BCUT2D eigenvalue weighted by atomic mass is 10.0. The first-order chi connectivity index (χ1) is 21.2. The van der Waals surface area contributed by atoms with Crippen molar-refractivity contribution in [2.24, 2.45) is 17.8 Å². The van der Waals surface area contributed by atoms with Gasteiger partial charge in [-0.15, -0.1) is 0 Å². The maximum Gasteiger partial charge on any atom is 0.257 e. The van der Waals surface area contributed by atoms with Crippen LogP contribution in [-0.2, 0) is 9.59 Å². The van der Waals surface area contributed by atoms with Crippen molar-refractivity contribution in [1.29, 1.82) is 0 Å². The topological polar surface area (TPSA) is 111 Å². The summed E-state index contributed by atoms with van der Waals surface area (Å²) in [7, 11) is 0. The number of benzene rings is 1. The summed E-state index contributed by atoms with van der Waals surface area (Å²) in [5.74, 6) is 1.91. The highest BCUT2D eigenvalue weighted by atomic mass is 16.2. The molecule has 0 radical (unpaired) electrons. The summed E-state index contributed by atoms with van der Waals surface area (Å²) in [5.41, 5.74) is 3.16. The summed E-state index contributed by atoms with van der Waals surface area (Å²) in [6.07, 6.45) is 6.06. The second-order valence-electron chi connectivity index (χ2n) is 13.4. The molecule has 6 rings (SSSR count). The van der Waals surface area contributed by atoms with Gasteiger partial charge in [0, 0.05) is 64.7 Å². The Morgan fingerprint density at radius 1 is 0.886 bits per heavy atom. The molecule has 44 heavy (non-hydrogen) atoms. The monoisotopic (exact) mass is 601 g/mol. The molecule has 1 aromatic heterocycles. The number of hydrogen-bond donors (Lipinski definition) is 2. The zero-order chi connectivity index (χ0) is 30.8. The minimum Gasteiger partial charge on any atom is -0.350 e. The lowest BCUT2D eigenvalue weighted by Crippen LogP contribution is -2.37. The maximum absolute atomic E-state index is 13.7. The Bertz CT molecular complexity index is 1320. The summed E-state index contributed by atoms with van der Waals surface area (Å²) in [4.78, 5) is 54.0. The molecule has 10 heteroatoms. The number of carbonyl (C=O) groups is 3. The zero-order valence-electron chi connectivity index (χ0n) is 26.4. The van der Waals surface area contributed by atoms with Gasteiger partial charge in [-0.1, -0.05) is 43.2 Å². The van der Waals surface area contributed by atoms with E-state index in [1.165, 1.54) is 5.56 Å². The molecule has 4 heterocycles. The lowest BCUT2D eigenvalue weighted by molar-refractivity contribution is -0.128. The van der Waals surface area contributed by atoms with Crippen molar-refractivity contribution in [2.75, 3.05) is 51.1 Å². The van der Waals surface area contributed by atoms with E-state index in [1.807, 2.05) is 41.8 Å². The molecule has 3 saturated heterocycles. The van der Waals surface area contributed by atoms with E-state index in [2.05, 4.69) is 37.6 Å². The van der Waals surface area contributed by atoms with Gasteiger partial charge in [-0.3, -0.25) is 14.4 Å². The first kappa shape index (κ1) is 30.5. The first-order valence-electron chi connectivity index (χ1n) is 16.5. The molecule has 3 unspecified atom stereocenters. The number of aryl methyl sites for hydroxylation is 2. The summed E-state index contributed by atoms with van der Waals surface area (Å²) in [5, 5.41) is 6.75. The number of hydrogen-bond acceptors (Lipinski definition) is 7. The molecule has 1 saturated carbocycles. The van der Waals surface area contributed by atoms with E-state index in [-0.39, 0.29) is 35.7 Å². The van der Waals surface area contributed by atoms with Crippen LogP contribution >= 0.6 is 0 Å². The summed E-state index contributed by atoms with van der Waals surface area (Å²) in [6.45, 7) is 11.1. The van der Waals surface area contributed by atoms with Crippen LogP contribution in [0.2, 0.25) is 0 Å². The standard InChI is InChI=1S/C34H47N7O3/c1-22-31(23(2)36-34(35-22)37-29-13-16-40(21-29)24(3)42)33(44)41-19-27-17-39(18-28(27)20-41)15-14-30(25-9-5-4-6-10-25)38-32(43)26-11-7-8-12-26/h4-6,9-10,26-30H,7-8,11-21H2,1-3H3,(H,38,43)(H,35,36,37)/t27?,28?,29?,30-/m0/s1. The van der Waals surface area contributed by atoms with E-state index < -0.39 is 0 Å². The molecule has 2 aromatic rings. The van der Waals surface area contributed by atoms with E-state index in [0.29, 0.717) is 41.3 Å². The van der Waals surface area contributed by atoms with Crippen molar-refractivity contribution in [1.82, 2.24) is 30.0 Å². The Morgan fingerprint density at radius 3 is 2.16 bits per heavy atom. The van der Waals surface area contributed by atoms with E-state index in [9.17, 15) is 14.4 Å². The molecule has 10 nitrogen and oxygen atoms in total.